The zero-order valence-electron chi connectivity index (χ0n) is 8.56. The molecule has 0 fully saturated rings. The zero-order valence-corrected chi connectivity index (χ0v) is 9.38. The molecule has 1 aromatic carbocycles. The first kappa shape index (κ1) is 12.6. The van der Waals surface area contributed by atoms with E-state index in [1.807, 2.05) is 0 Å². The van der Waals surface area contributed by atoms with E-state index in [9.17, 15) is 26.4 Å². The van der Waals surface area contributed by atoms with Gasteiger partial charge in [0.25, 0.3) is 0 Å². The molecule has 18 heavy (non-hydrogen) atoms. The van der Waals surface area contributed by atoms with E-state index in [-0.39, 0.29) is 5.56 Å². The second-order valence-electron chi connectivity index (χ2n) is 3.41. The van der Waals surface area contributed by atoms with Gasteiger partial charge in [-0.25, -0.2) is 0 Å². The van der Waals surface area contributed by atoms with Crippen LogP contribution in [0.1, 0.15) is 15.9 Å². The Bertz CT molecular complexity index is 643. The van der Waals surface area contributed by atoms with Crippen LogP contribution in [0, 0.1) is 0 Å². The number of carbonyl (C=O) groups excluding carboxylic acids is 1. The highest BCUT2D eigenvalue weighted by Gasteiger charge is 2.49. The Morgan fingerprint density at radius 2 is 1.72 bits per heavy atom. The number of carbonyl (C=O) groups is 1. The molecule has 4 nitrogen and oxygen atoms in total. The molecule has 1 aliphatic carbocycles. The number of rotatable bonds is 2. The van der Waals surface area contributed by atoms with Crippen molar-refractivity contribution in [1.82, 2.24) is 0 Å². The highest BCUT2D eigenvalue weighted by molar-refractivity contribution is 7.87. The van der Waals surface area contributed by atoms with Crippen LogP contribution in [0.2, 0.25) is 0 Å². The van der Waals surface area contributed by atoms with Crippen molar-refractivity contribution < 1.29 is 30.6 Å². The Labute approximate surface area is 99.8 Å². The predicted molar refractivity (Wildman–Crippen MR) is 54.8 cm³/mol. The van der Waals surface area contributed by atoms with Crippen molar-refractivity contribution >= 4 is 22.0 Å². The van der Waals surface area contributed by atoms with E-state index in [0.29, 0.717) is 5.56 Å². The molecule has 0 spiro atoms. The van der Waals surface area contributed by atoms with Crippen molar-refractivity contribution in [2.45, 2.75) is 5.51 Å². The molecule has 0 aliphatic heterocycles. The van der Waals surface area contributed by atoms with Crippen molar-refractivity contribution in [3.63, 3.8) is 0 Å². The number of halogens is 3. The molecule has 0 saturated heterocycles. The smallest absolute Gasteiger partial charge is 0.372 e. The number of Topliss-reactive ketones (excluding diaryl/α,β-unsaturated/α-hetero) is 1. The summed E-state index contributed by atoms with van der Waals surface area (Å²) < 4.78 is 61.6. The normalized spacial score (nSPS) is 15.3. The Morgan fingerprint density at radius 1 is 1.11 bits per heavy atom. The van der Waals surface area contributed by atoms with Crippen LogP contribution in [0.25, 0.3) is 6.08 Å². The van der Waals surface area contributed by atoms with Crippen molar-refractivity contribution in [3.05, 3.63) is 41.2 Å². The van der Waals surface area contributed by atoms with E-state index in [1.54, 1.807) is 6.07 Å². The third-order valence-corrected chi connectivity index (χ3v) is 3.16. The highest BCUT2D eigenvalue weighted by atomic mass is 32.2. The van der Waals surface area contributed by atoms with E-state index < -0.39 is 27.2 Å². The number of allylic oxidation sites excluding steroid dienone is 1. The maximum absolute atomic E-state index is 12.1. The Balaban J connectivity index is 2.34. The van der Waals surface area contributed by atoms with Crippen LogP contribution < -0.4 is 0 Å². The average molecular weight is 278 g/mol. The van der Waals surface area contributed by atoms with Crippen molar-refractivity contribution in [2.24, 2.45) is 0 Å². The molecule has 2 rings (SSSR count). The fourth-order valence-electron chi connectivity index (χ4n) is 1.40. The summed E-state index contributed by atoms with van der Waals surface area (Å²) in [6.07, 6.45) is 0.959. The average Bonchev–Trinajstić information content (AvgIpc) is 2.54. The van der Waals surface area contributed by atoms with E-state index >= 15 is 0 Å². The summed E-state index contributed by atoms with van der Waals surface area (Å²) in [4.78, 5) is 11.6. The Hall–Kier alpha value is -1.83. The minimum atomic E-state index is -5.82. The lowest BCUT2D eigenvalue weighted by Crippen LogP contribution is -2.26. The van der Waals surface area contributed by atoms with Crippen molar-refractivity contribution in [2.75, 3.05) is 0 Å². The fraction of sp³-hybridized carbons (Fsp3) is 0.100. The van der Waals surface area contributed by atoms with Crippen LogP contribution in [-0.2, 0) is 14.3 Å². The van der Waals surface area contributed by atoms with Gasteiger partial charge >= 0.3 is 15.6 Å². The second-order valence-corrected chi connectivity index (χ2v) is 4.95. The maximum atomic E-state index is 12.1. The summed E-state index contributed by atoms with van der Waals surface area (Å²) >= 11 is 0. The van der Waals surface area contributed by atoms with Crippen LogP contribution >= 0.6 is 0 Å². The lowest BCUT2D eigenvalue weighted by atomic mass is 10.1. The molecule has 0 unspecified atom stereocenters. The lowest BCUT2D eigenvalue weighted by molar-refractivity contribution is -0.0519. The molecule has 8 heteroatoms. The van der Waals surface area contributed by atoms with Gasteiger partial charge in [0, 0.05) is 5.56 Å². The van der Waals surface area contributed by atoms with Gasteiger partial charge < -0.3 is 4.18 Å². The van der Waals surface area contributed by atoms with Gasteiger partial charge in [-0.2, -0.15) is 21.6 Å². The number of hydrogen-bond donors (Lipinski definition) is 0. The molecule has 1 aromatic rings. The van der Waals surface area contributed by atoms with Gasteiger partial charge in [-0.1, -0.05) is 24.3 Å². The Morgan fingerprint density at radius 3 is 2.28 bits per heavy atom. The summed E-state index contributed by atoms with van der Waals surface area (Å²) in [5.74, 6) is -1.74. The largest absolute Gasteiger partial charge is 0.534 e. The first-order chi connectivity index (χ1) is 8.22. The standard InChI is InChI=1S/C10H5F3O4S/c11-10(12,13)18(15,16)17-8-5-6-3-1-2-4-7(6)9(8)14/h1-5H. The third-order valence-electron chi connectivity index (χ3n) is 2.20. The molecular formula is C10H5F3O4S. The highest BCUT2D eigenvalue weighted by Crippen LogP contribution is 2.31. The molecule has 0 aromatic heterocycles. The molecule has 0 amide bonds. The molecule has 0 heterocycles. The van der Waals surface area contributed by atoms with Gasteiger partial charge in [-0.05, 0) is 11.6 Å². The van der Waals surface area contributed by atoms with E-state index in [4.69, 9.17) is 0 Å². The molecule has 96 valence electrons. The molecule has 0 atom stereocenters. The third kappa shape index (κ3) is 1.99. The summed E-state index contributed by atoms with van der Waals surface area (Å²) in [6, 6.07) is 5.89. The zero-order chi connectivity index (χ0) is 13.6. The minimum Gasteiger partial charge on any atom is -0.372 e. The van der Waals surface area contributed by atoms with Crippen LogP contribution in [0.4, 0.5) is 13.2 Å². The summed E-state index contributed by atoms with van der Waals surface area (Å²) in [5, 5.41) is 0. The molecule has 1 aliphatic rings. The SMILES string of the molecule is O=C1C(OS(=O)(=O)C(F)(F)F)=Cc2ccccc21. The molecule has 0 bridgehead atoms. The molecular weight excluding hydrogens is 273 g/mol. The van der Waals surface area contributed by atoms with E-state index in [0.717, 1.165) is 6.08 Å². The van der Waals surface area contributed by atoms with Gasteiger partial charge in [0.1, 0.15) is 0 Å². The van der Waals surface area contributed by atoms with Crippen molar-refractivity contribution in [3.8, 4) is 0 Å². The molecule has 0 saturated carbocycles. The van der Waals surface area contributed by atoms with Gasteiger partial charge in [-0.3, -0.25) is 4.79 Å². The summed E-state index contributed by atoms with van der Waals surface area (Å²) in [5.41, 5.74) is -5.15. The van der Waals surface area contributed by atoms with Gasteiger partial charge in [-0.15, -0.1) is 0 Å². The van der Waals surface area contributed by atoms with E-state index in [1.165, 1.54) is 18.2 Å². The van der Waals surface area contributed by atoms with Crippen LogP contribution in [-0.4, -0.2) is 19.7 Å². The van der Waals surface area contributed by atoms with Gasteiger partial charge in [0.15, 0.2) is 5.76 Å². The number of benzene rings is 1. The maximum Gasteiger partial charge on any atom is 0.534 e. The Kier molecular flexibility index (Phi) is 2.69. The first-order valence-electron chi connectivity index (χ1n) is 4.58. The summed E-state index contributed by atoms with van der Waals surface area (Å²) in [6.45, 7) is 0. The molecule has 0 radical (unpaired) electrons. The monoisotopic (exact) mass is 278 g/mol. The molecule has 0 N–H and O–H groups in total. The fourth-order valence-corrected chi connectivity index (χ4v) is 1.85. The number of ketones is 1. The number of alkyl halides is 3. The summed E-state index contributed by atoms with van der Waals surface area (Å²) in [7, 11) is -5.82. The van der Waals surface area contributed by atoms with Crippen LogP contribution in [0.5, 0.6) is 0 Å². The number of hydrogen-bond acceptors (Lipinski definition) is 4. The van der Waals surface area contributed by atoms with Crippen LogP contribution in [0.15, 0.2) is 30.0 Å². The minimum absolute atomic E-state index is 0.102. The topological polar surface area (TPSA) is 60.4 Å². The van der Waals surface area contributed by atoms with Gasteiger partial charge in [0.2, 0.25) is 5.78 Å². The van der Waals surface area contributed by atoms with E-state index in [2.05, 4.69) is 4.18 Å². The van der Waals surface area contributed by atoms with Gasteiger partial charge in [0.05, 0.1) is 0 Å². The van der Waals surface area contributed by atoms with Crippen molar-refractivity contribution in [1.29, 1.82) is 0 Å². The lowest BCUT2D eigenvalue weighted by Gasteiger charge is -2.08. The van der Waals surface area contributed by atoms with Crippen LogP contribution in [0.3, 0.4) is 0 Å². The second kappa shape index (κ2) is 3.84. The first-order valence-corrected chi connectivity index (χ1v) is 5.99. The predicted octanol–water partition coefficient (Wildman–Crippen LogP) is 2.09. The number of fused-ring (bicyclic) bond motifs is 1. The quantitative estimate of drug-likeness (QED) is 0.614.